The molecule has 0 unspecified atom stereocenters. The van der Waals surface area contributed by atoms with E-state index in [-0.39, 0.29) is 6.54 Å². The van der Waals surface area contributed by atoms with E-state index >= 15 is 0 Å². The van der Waals surface area contributed by atoms with Crippen molar-refractivity contribution >= 4 is 11.8 Å². The molecule has 0 aliphatic heterocycles. The van der Waals surface area contributed by atoms with Crippen LogP contribution in [0.5, 0.6) is 0 Å². The summed E-state index contributed by atoms with van der Waals surface area (Å²) in [5.74, 6) is -0.181. The maximum absolute atomic E-state index is 10.6. The molecule has 5 nitrogen and oxygen atoms in total. The van der Waals surface area contributed by atoms with Crippen LogP contribution >= 0.6 is 0 Å². The van der Waals surface area contributed by atoms with Crippen LogP contribution in [0.3, 0.4) is 0 Å². The van der Waals surface area contributed by atoms with Gasteiger partial charge in [0.05, 0.1) is 0 Å². The molecule has 1 heterocycles. The van der Waals surface area contributed by atoms with Crippen LogP contribution in [-0.4, -0.2) is 33.9 Å². The van der Waals surface area contributed by atoms with Gasteiger partial charge >= 0.3 is 5.97 Å². The Labute approximate surface area is 81.4 Å². The average molecular weight is 193 g/mol. The first-order valence-electron chi connectivity index (χ1n) is 4.53. The van der Waals surface area contributed by atoms with Crippen LogP contribution in [0.2, 0.25) is 0 Å². The van der Waals surface area contributed by atoms with E-state index in [4.69, 9.17) is 5.11 Å². The first-order chi connectivity index (χ1) is 6.77. The lowest BCUT2D eigenvalue weighted by Gasteiger charge is -2.19. The van der Waals surface area contributed by atoms with Gasteiger partial charge in [0.15, 0.2) is 5.82 Å². The van der Waals surface area contributed by atoms with Gasteiger partial charge in [-0.05, 0) is 25.0 Å². The molecule has 2 rings (SSSR count). The number of nitrogens with zero attached hydrogens (tertiary/aromatic N) is 3. The first-order valence-corrected chi connectivity index (χ1v) is 4.53. The molecule has 1 aromatic heterocycles. The molecule has 0 spiro atoms. The maximum atomic E-state index is 10.6. The minimum atomic E-state index is -0.831. The van der Waals surface area contributed by atoms with Gasteiger partial charge in [0.2, 0.25) is 0 Å². The summed E-state index contributed by atoms with van der Waals surface area (Å²) in [6, 6.07) is 3.89. The molecule has 0 atom stereocenters. The minimum Gasteiger partial charge on any atom is -0.480 e. The second-order valence-electron chi connectivity index (χ2n) is 3.33. The van der Waals surface area contributed by atoms with E-state index in [1.54, 1.807) is 23.2 Å². The lowest BCUT2D eigenvalue weighted by atomic mass is 10.4. The molecule has 0 aromatic carbocycles. The molecule has 1 aliphatic carbocycles. The molecule has 1 aromatic rings. The number of aromatic nitrogens is 2. The molecule has 0 bridgehead atoms. The van der Waals surface area contributed by atoms with Crippen LogP contribution in [0.1, 0.15) is 12.8 Å². The third-order valence-electron chi connectivity index (χ3n) is 2.15. The SMILES string of the molecule is O=C(O)CN(c1cccnn1)C1CC1. The highest BCUT2D eigenvalue weighted by Gasteiger charge is 2.31. The molecule has 0 saturated heterocycles. The van der Waals surface area contributed by atoms with Gasteiger partial charge in [-0.3, -0.25) is 4.79 Å². The number of rotatable bonds is 4. The average Bonchev–Trinajstić information content (AvgIpc) is 2.99. The van der Waals surface area contributed by atoms with Gasteiger partial charge in [-0.2, -0.15) is 5.10 Å². The molecule has 74 valence electrons. The van der Waals surface area contributed by atoms with Crippen LogP contribution in [0.15, 0.2) is 18.3 Å². The minimum absolute atomic E-state index is 0.00333. The Bertz CT molecular complexity index is 324. The summed E-state index contributed by atoms with van der Waals surface area (Å²) in [7, 11) is 0. The van der Waals surface area contributed by atoms with Crippen molar-refractivity contribution in [2.75, 3.05) is 11.4 Å². The molecule has 1 fully saturated rings. The van der Waals surface area contributed by atoms with Gasteiger partial charge in [-0.1, -0.05) is 0 Å². The van der Waals surface area contributed by atoms with Crippen LogP contribution in [0.4, 0.5) is 5.82 Å². The summed E-state index contributed by atoms with van der Waals surface area (Å²) in [4.78, 5) is 12.4. The van der Waals surface area contributed by atoms with Crippen molar-refractivity contribution in [2.45, 2.75) is 18.9 Å². The van der Waals surface area contributed by atoms with E-state index in [0.29, 0.717) is 11.9 Å². The van der Waals surface area contributed by atoms with Crippen molar-refractivity contribution in [2.24, 2.45) is 0 Å². The summed E-state index contributed by atoms with van der Waals surface area (Å²) < 4.78 is 0. The lowest BCUT2D eigenvalue weighted by Crippen LogP contribution is -2.32. The molecule has 0 amide bonds. The van der Waals surface area contributed by atoms with E-state index in [1.165, 1.54) is 0 Å². The van der Waals surface area contributed by atoms with E-state index in [9.17, 15) is 4.79 Å². The van der Waals surface area contributed by atoms with E-state index < -0.39 is 5.97 Å². The van der Waals surface area contributed by atoms with Crippen LogP contribution in [0, 0.1) is 0 Å². The van der Waals surface area contributed by atoms with Crippen molar-refractivity contribution in [3.63, 3.8) is 0 Å². The third-order valence-corrected chi connectivity index (χ3v) is 2.15. The van der Waals surface area contributed by atoms with Crippen LogP contribution in [0.25, 0.3) is 0 Å². The highest BCUT2D eigenvalue weighted by molar-refractivity contribution is 5.73. The van der Waals surface area contributed by atoms with Crippen LogP contribution in [-0.2, 0) is 4.79 Å². The number of carboxylic acids is 1. The summed E-state index contributed by atoms with van der Waals surface area (Å²) in [6.07, 6.45) is 3.67. The van der Waals surface area contributed by atoms with Crippen molar-refractivity contribution in [1.29, 1.82) is 0 Å². The fraction of sp³-hybridized carbons (Fsp3) is 0.444. The van der Waals surface area contributed by atoms with Gasteiger partial charge < -0.3 is 10.0 Å². The lowest BCUT2D eigenvalue weighted by molar-refractivity contribution is -0.135. The Morgan fingerprint density at radius 1 is 1.64 bits per heavy atom. The Balaban J connectivity index is 2.14. The van der Waals surface area contributed by atoms with E-state index in [1.807, 2.05) is 0 Å². The monoisotopic (exact) mass is 193 g/mol. The quantitative estimate of drug-likeness (QED) is 0.755. The molecule has 5 heteroatoms. The second-order valence-corrected chi connectivity index (χ2v) is 3.33. The third kappa shape index (κ3) is 1.99. The Morgan fingerprint density at radius 3 is 2.93 bits per heavy atom. The molecule has 1 aliphatic rings. The predicted molar refractivity (Wildman–Crippen MR) is 50.0 cm³/mol. The largest absolute Gasteiger partial charge is 0.480 e. The van der Waals surface area contributed by atoms with E-state index in [2.05, 4.69) is 10.2 Å². The summed E-state index contributed by atoms with van der Waals surface area (Å²) >= 11 is 0. The van der Waals surface area contributed by atoms with Gasteiger partial charge in [-0.15, -0.1) is 5.10 Å². The van der Waals surface area contributed by atoms with Crippen LogP contribution < -0.4 is 4.90 Å². The number of anilines is 1. The second kappa shape index (κ2) is 3.61. The molecular formula is C9H11N3O2. The van der Waals surface area contributed by atoms with Crippen molar-refractivity contribution in [3.8, 4) is 0 Å². The molecule has 14 heavy (non-hydrogen) atoms. The zero-order valence-electron chi connectivity index (χ0n) is 7.63. The topological polar surface area (TPSA) is 66.3 Å². The van der Waals surface area contributed by atoms with Crippen molar-refractivity contribution in [3.05, 3.63) is 18.3 Å². The standard InChI is InChI=1S/C9H11N3O2/c13-9(14)6-12(7-3-4-7)8-2-1-5-10-11-8/h1-2,5,7H,3-4,6H2,(H,13,14). The Hall–Kier alpha value is -1.65. The summed E-state index contributed by atoms with van der Waals surface area (Å²) in [6.45, 7) is 0.00333. The Morgan fingerprint density at radius 2 is 2.43 bits per heavy atom. The maximum Gasteiger partial charge on any atom is 0.323 e. The summed E-state index contributed by atoms with van der Waals surface area (Å²) in [5, 5.41) is 16.4. The van der Waals surface area contributed by atoms with Crippen molar-refractivity contribution in [1.82, 2.24) is 10.2 Å². The molecule has 0 radical (unpaired) electrons. The number of hydrogen-bond acceptors (Lipinski definition) is 4. The number of aliphatic carboxylic acids is 1. The zero-order valence-corrected chi connectivity index (χ0v) is 7.63. The fourth-order valence-corrected chi connectivity index (χ4v) is 1.38. The smallest absolute Gasteiger partial charge is 0.323 e. The van der Waals surface area contributed by atoms with E-state index in [0.717, 1.165) is 12.8 Å². The fourth-order valence-electron chi connectivity index (χ4n) is 1.38. The van der Waals surface area contributed by atoms with Gasteiger partial charge in [0, 0.05) is 12.2 Å². The highest BCUT2D eigenvalue weighted by atomic mass is 16.4. The number of carboxylic acid groups (broad SMARTS) is 1. The summed E-state index contributed by atoms with van der Waals surface area (Å²) in [5.41, 5.74) is 0. The zero-order chi connectivity index (χ0) is 9.97. The first kappa shape index (κ1) is 8.93. The molecule has 1 N–H and O–H groups in total. The van der Waals surface area contributed by atoms with Gasteiger partial charge in [0.25, 0.3) is 0 Å². The number of carbonyl (C=O) groups is 1. The van der Waals surface area contributed by atoms with Crippen molar-refractivity contribution < 1.29 is 9.90 Å². The number of hydrogen-bond donors (Lipinski definition) is 1. The predicted octanol–water partition coefficient (Wildman–Crippen LogP) is 0.530. The molecule has 1 saturated carbocycles. The highest BCUT2D eigenvalue weighted by Crippen LogP contribution is 2.29. The molecular weight excluding hydrogens is 182 g/mol. The Kier molecular flexibility index (Phi) is 2.30. The van der Waals surface area contributed by atoms with Gasteiger partial charge in [-0.25, -0.2) is 0 Å². The van der Waals surface area contributed by atoms with Gasteiger partial charge in [0.1, 0.15) is 6.54 Å². The normalized spacial score (nSPS) is 15.1.